The molecule has 5 nitrogen and oxygen atoms in total. The van der Waals surface area contributed by atoms with Crippen LogP contribution in [-0.4, -0.2) is 9.97 Å². The van der Waals surface area contributed by atoms with Crippen LogP contribution in [0.25, 0.3) is 10.9 Å². The molecule has 0 amide bonds. The highest BCUT2D eigenvalue weighted by molar-refractivity contribution is 5.83. The Morgan fingerprint density at radius 3 is 2.48 bits per heavy atom. The number of aromatic amines is 1. The van der Waals surface area contributed by atoms with Crippen molar-refractivity contribution in [1.29, 1.82) is 5.26 Å². The summed E-state index contributed by atoms with van der Waals surface area (Å²) in [5.41, 5.74) is 1.04. The predicted octanol–water partition coefficient (Wildman–Crippen LogP) is 5.99. The zero-order chi connectivity index (χ0) is 20.4. The van der Waals surface area contributed by atoms with Crippen molar-refractivity contribution in [3.05, 3.63) is 78.1 Å². The van der Waals surface area contributed by atoms with Gasteiger partial charge < -0.3 is 15.0 Å². The molecule has 29 heavy (non-hydrogen) atoms. The third-order valence-corrected chi connectivity index (χ3v) is 4.16. The summed E-state index contributed by atoms with van der Waals surface area (Å²) >= 11 is 0. The van der Waals surface area contributed by atoms with Crippen LogP contribution in [0.5, 0.6) is 11.5 Å². The molecule has 0 atom stereocenters. The lowest BCUT2D eigenvalue weighted by atomic mass is 10.2. The topological polar surface area (TPSA) is 73.7 Å². The molecule has 0 saturated carbocycles. The number of nitrogens with zero attached hydrogens (tertiary/aromatic N) is 2. The number of benzene rings is 2. The number of fused-ring (bicyclic) bond motifs is 1. The Labute approximate surface area is 163 Å². The minimum Gasteiger partial charge on any atom is -0.457 e. The summed E-state index contributed by atoms with van der Waals surface area (Å²) in [5, 5.41) is 13.4. The summed E-state index contributed by atoms with van der Waals surface area (Å²) in [6.45, 7) is 0. The van der Waals surface area contributed by atoms with Crippen LogP contribution in [0, 0.1) is 11.3 Å². The van der Waals surface area contributed by atoms with Crippen LogP contribution in [0.1, 0.15) is 11.3 Å². The van der Waals surface area contributed by atoms with E-state index in [0.717, 1.165) is 28.7 Å². The molecule has 144 valence electrons. The number of hydrogen-bond acceptors (Lipinski definition) is 4. The zero-order valence-electron chi connectivity index (χ0n) is 14.8. The van der Waals surface area contributed by atoms with Crippen LogP contribution in [0.15, 0.2) is 66.9 Å². The number of anilines is 2. The van der Waals surface area contributed by atoms with Gasteiger partial charge in [-0.05, 0) is 47.9 Å². The van der Waals surface area contributed by atoms with E-state index in [1.807, 2.05) is 36.5 Å². The van der Waals surface area contributed by atoms with Crippen molar-refractivity contribution >= 4 is 22.4 Å². The van der Waals surface area contributed by atoms with Gasteiger partial charge in [0.2, 0.25) is 0 Å². The summed E-state index contributed by atoms with van der Waals surface area (Å²) in [6.07, 6.45) is -2.58. The molecule has 0 spiro atoms. The molecule has 0 radical (unpaired) electrons. The monoisotopic (exact) mass is 394 g/mol. The fourth-order valence-corrected chi connectivity index (χ4v) is 2.81. The van der Waals surface area contributed by atoms with Crippen molar-refractivity contribution < 1.29 is 17.9 Å². The first-order chi connectivity index (χ1) is 13.9. The van der Waals surface area contributed by atoms with Crippen molar-refractivity contribution in [2.75, 3.05) is 5.32 Å². The smallest absolute Gasteiger partial charge is 0.416 e. The van der Waals surface area contributed by atoms with E-state index in [-0.39, 0.29) is 17.2 Å². The van der Waals surface area contributed by atoms with Crippen LogP contribution >= 0.6 is 0 Å². The lowest BCUT2D eigenvalue weighted by Gasteiger charge is -2.11. The molecular formula is C21H13F3N4O. The van der Waals surface area contributed by atoms with Gasteiger partial charge in [-0.2, -0.15) is 18.4 Å². The molecule has 4 rings (SSSR count). The highest BCUT2D eigenvalue weighted by atomic mass is 19.4. The van der Waals surface area contributed by atoms with Gasteiger partial charge in [0, 0.05) is 29.5 Å². The Hall–Kier alpha value is -3.99. The summed E-state index contributed by atoms with van der Waals surface area (Å²) in [5.74, 6) is 0.864. The van der Waals surface area contributed by atoms with Crippen LogP contribution in [0.4, 0.5) is 24.7 Å². The molecule has 0 aliphatic rings. The van der Waals surface area contributed by atoms with E-state index in [9.17, 15) is 18.4 Å². The second-order valence-electron chi connectivity index (χ2n) is 6.21. The number of H-pyrrole nitrogens is 1. The standard InChI is InChI=1S/C21H13F3N4O/c22-21(23,24)14-2-5-17(6-3-14)29-18-9-16(12-25)28-20(11-18)27-15-4-1-13-7-8-26-19(13)10-15/h1-11,26H,(H,27,28). The largest absolute Gasteiger partial charge is 0.457 e. The molecule has 0 unspecified atom stereocenters. The van der Waals surface area contributed by atoms with Gasteiger partial charge in [-0.3, -0.25) is 0 Å². The van der Waals surface area contributed by atoms with E-state index in [1.54, 1.807) is 6.07 Å². The average Bonchev–Trinajstić information content (AvgIpc) is 3.15. The van der Waals surface area contributed by atoms with E-state index in [4.69, 9.17) is 4.74 Å². The summed E-state index contributed by atoms with van der Waals surface area (Å²) in [4.78, 5) is 7.30. The fourth-order valence-electron chi connectivity index (χ4n) is 2.81. The minimum absolute atomic E-state index is 0.109. The van der Waals surface area contributed by atoms with E-state index >= 15 is 0 Å². The lowest BCUT2D eigenvalue weighted by Crippen LogP contribution is -2.04. The van der Waals surface area contributed by atoms with Crippen molar-refractivity contribution in [2.24, 2.45) is 0 Å². The molecular weight excluding hydrogens is 381 g/mol. The quantitative estimate of drug-likeness (QED) is 0.446. The number of ether oxygens (including phenoxy) is 1. The minimum atomic E-state index is -4.42. The van der Waals surface area contributed by atoms with Crippen molar-refractivity contribution in [3.63, 3.8) is 0 Å². The number of hydrogen-bond donors (Lipinski definition) is 2. The first-order valence-electron chi connectivity index (χ1n) is 8.52. The number of halogens is 3. The normalized spacial score (nSPS) is 11.2. The van der Waals surface area contributed by atoms with Gasteiger partial charge in [0.1, 0.15) is 29.1 Å². The molecule has 2 aromatic carbocycles. The average molecular weight is 394 g/mol. The second-order valence-corrected chi connectivity index (χ2v) is 6.21. The third-order valence-electron chi connectivity index (χ3n) is 4.16. The molecule has 8 heteroatoms. The van der Waals surface area contributed by atoms with Crippen LogP contribution < -0.4 is 10.1 Å². The van der Waals surface area contributed by atoms with E-state index in [1.165, 1.54) is 18.2 Å². The lowest BCUT2D eigenvalue weighted by molar-refractivity contribution is -0.137. The van der Waals surface area contributed by atoms with Crippen molar-refractivity contribution in [3.8, 4) is 17.6 Å². The summed E-state index contributed by atoms with van der Waals surface area (Å²) < 4.78 is 43.7. The fraction of sp³-hybridized carbons (Fsp3) is 0.0476. The molecule has 2 heterocycles. The molecule has 0 saturated heterocycles. The number of alkyl halides is 3. The Kier molecular flexibility index (Phi) is 4.56. The molecule has 2 aromatic heterocycles. The molecule has 0 bridgehead atoms. The first-order valence-corrected chi connectivity index (χ1v) is 8.52. The molecule has 4 aromatic rings. The van der Waals surface area contributed by atoms with Gasteiger partial charge in [-0.25, -0.2) is 4.98 Å². The highest BCUT2D eigenvalue weighted by Crippen LogP contribution is 2.32. The van der Waals surface area contributed by atoms with Gasteiger partial charge in [-0.15, -0.1) is 0 Å². The molecule has 2 N–H and O–H groups in total. The Morgan fingerprint density at radius 2 is 1.76 bits per heavy atom. The maximum absolute atomic E-state index is 12.7. The van der Waals surface area contributed by atoms with E-state index in [0.29, 0.717) is 5.82 Å². The van der Waals surface area contributed by atoms with Crippen LogP contribution in [0.3, 0.4) is 0 Å². The van der Waals surface area contributed by atoms with Gasteiger partial charge in [0.05, 0.1) is 5.56 Å². The number of pyridine rings is 1. The number of nitrogens with one attached hydrogen (secondary N) is 2. The van der Waals surface area contributed by atoms with Gasteiger partial charge in [0.25, 0.3) is 0 Å². The number of rotatable bonds is 4. The zero-order valence-corrected chi connectivity index (χ0v) is 14.8. The highest BCUT2D eigenvalue weighted by Gasteiger charge is 2.30. The maximum atomic E-state index is 12.7. The number of nitriles is 1. The molecule has 0 aliphatic carbocycles. The van der Waals surface area contributed by atoms with Crippen molar-refractivity contribution in [1.82, 2.24) is 9.97 Å². The van der Waals surface area contributed by atoms with Crippen molar-refractivity contribution in [2.45, 2.75) is 6.18 Å². The van der Waals surface area contributed by atoms with Crippen LogP contribution in [0.2, 0.25) is 0 Å². The molecule has 0 aliphatic heterocycles. The van der Waals surface area contributed by atoms with E-state index in [2.05, 4.69) is 15.3 Å². The summed E-state index contributed by atoms with van der Waals surface area (Å²) in [6, 6.07) is 16.9. The van der Waals surface area contributed by atoms with E-state index < -0.39 is 11.7 Å². The van der Waals surface area contributed by atoms with Gasteiger partial charge in [-0.1, -0.05) is 6.07 Å². The van der Waals surface area contributed by atoms with Gasteiger partial charge in [0.15, 0.2) is 0 Å². The first kappa shape index (κ1) is 18.4. The Bertz CT molecular complexity index is 1210. The molecule has 0 fully saturated rings. The third kappa shape index (κ3) is 4.14. The number of aromatic nitrogens is 2. The summed E-state index contributed by atoms with van der Waals surface area (Å²) in [7, 11) is 0. The van der Waals surface area contributed by atoms with Crippen LogP contribution in [-0.2, 0) is 6.18 Å². The Balaban J connectivity index is 1.58. The predicted molar refractivity (Wildman–Crippen MR) is 102 cm³/mol. The second kappa shape index (κ2) is 7.20. The SMILES string of the molecule is N#Cc1cc(Oc2ccc(C(F)(F)F)cc2)cc(Nc2ccc3cc[nH]c3c2)n1. The maximum Gasteiger partial charge on any atom is 0.416 e. The van der Waals surface area contributed by atoms with Gasteiger partial charge >= 0.3 is 6.18 Å². The Morgan fingerprint density at radius 1 is 0.966 bits per heavy atom.